The second-order valence-electron chi connectivity index (χ2n) is 12.1. The predicted octanol–water partition coefficient (Wildman–Crippen LogP) is 7.98. The summed E-state index contributed by atoms with van der Waals surface area (Å²) in [4.78, 5) is 27.1. The van der Waals surface area contributed by atoms with Crippen molar-refractivity contribution < 1.29 is 14.3 Å². The molecule has 1 spiro atoms. The van der Waals surface area contributed by atoms with E-state index >= 15 is 0 Å². The Morgan fingerprint density at radius 3 is 2.41 bits per heavy atom. The van der Waals surface area contributed by atoms with Gasteiger partial charge in [0.1, 0.15) is 0 Å². The Bertz CT molecular complexity index is 1050. The topological polar surface area (TPSA) is 43.4 Å². The van der Waals surface area contributed by atoms with E-state index in [1.54, 1.807) is 18.2 Å². The lowest BCUT2D eigenvalue weighted by atomic mass is 9.36. The van der Waals surface area contributed by atoms with E-state index in [9.17, 15) is 9.59 Å². The third-order valence-corrected chi connectivity index (χ3v) is 12.2. The molecule has 0 radical (unpaired) electrons. The van der Waals surface area contributed by atoms with Gasteiger partial charge in [-0.3, -0.25) is 9.59 Å². The SMILES string of the molecule is CC1(C)C=CC[C@]2(C)[C@H]3CC[C@H](C(=O)Sc4c(Cl)cccc4Cl)[C@]4(COC(=O)C4)[C@]3(C)CC[C@@H]12. The fourth-order valence-corrected chi connectivity index (χ4v) is 10.3. The van der Waals surface area contributed by atoms with Crippen LogP contribution in [0.4, 0.5) is 0 Å². The Balaban J connectivity index is 1.54. The van der Waals surface area contributed by atoms with E-state index < -0.39 is 5.41 Å². The number of rotatable bonds is 2. The van der Waals surface area contributed by atoms with E-state index in [1.165, 1.54) is 0 Å². The van der Waals surface area contributed by atoms with Gasteiger partial charge in [0.05, 0.1) is 28.0 Å². The molecule has 184 valence electrons. The average Bonchev–Trinajstić information content (AvgIpc) is 3.14. The Kier molecular flexibility index (Phi) is 6.02. The Morgan fingerprint density at radius 1 is 1.06 bits per heavy atom. The minimum Gasteiger partial charge on any atom is -0.465 e. The Morgan fingerprint density at radius 2 is 1.76 bits per heavy atom. The van der Waals surface area contributed by atoms with Crippen molar-refractivity contribution in [2.45, 2.75) is 71.1 Å². The van der Waals surface area contributed by atoms with Crippen molar-refractivity contribution in [3.05, 3.63) is 40.4 Å². The second kappa shape index (κ2) is 8.28. The summed E-state index contributed by atoms with van der Waals surface area (Å²) in [5, 5.41) is 1.04. The van der Waals surface area contributed by atoms with Gasteiger partial charge < -0.3 is 4.74 Å². The molecule has 3 nitrogen and oxygen atoms in total. The standard InChI is InChI=1S/C28H34Cl2O3S/c1-25(2)12-6-13-26(3)20(25)11-14-27(4)21(26)10-9-17(28(27)15-22(31)33-16-28)24(32)34-23-18(29)7-5-8-19(23)30/h5-8,12,17,20-21H,9-11,13-16H2,1-4H3/t17-,20+,21-,26+,27-,28+/m1/s1. The number of fused-ring (bicyclic) bond motifs is 4. The summed E-state index contributed by atoms with van der Waals surface area (Å²) < 4.78 is 5.68. The highest BCUT2D eigenvalue weighted by molar-refractivity contribution is 8.13. The van der Waals surface area contributed by atoms with Crippen LogP contribution in [0.2, 0.25) is 10.0 Å². The largest absolute Gasteiger partial charge is 0.465 e. The molecular formula is C28H34Cl2O3S. The molecule has 0 amide bonds. The van der Waals surface area contributed by atoms with E-state index in [2.05, 4.69) is 39.8 Å². The first-order chi connectivity index (χ1) is 15.9. The number of cyclic esters (lactones) is 1. The van der Waals surface area contributed by atoms with E-state index in [0.717, 1.165) is 43.9 Å². The van der Waals surface area contributed by atoms with Gasteiger partial charge in [-0.25, -0.2) is 0 Å². The van der Waals surface area contributed by atoms with Gasteiger partial charge in [-0.2, -0.15) is 0 Å². The molecule has 1 aromatic carbocycles. The molecule has 1 aliphatic heterocycles. The molecule has 5 rings (SSSR count). The maximum absolute atomic E-state index is 13.9. The van der Waals surface area contributed by atoms with Crippen molar-refractivity contribution in [1.29, 1.82) is 0 Å². The van der Waals surface area contributed by atoms with Gasteiger partial charge in [-0.1, -0.05) is 69.1 Å². The normalized spacial score (nSPS) is 40.5. The highest BCUT2D eigenvalue weighted by Crippen LogP contribution is 2.73. The zero-order valence-corrected chi connectivity index (χ0v) is 22.8. The number of halogens is 2. The summed E-state index contributed by atoms with van der Waals surface area (Å²) in [6.45, 7) is 9.90. The molecule has 3 fully saturated rings. The van der Waals surface area contributed by atoms with Crippen LogP contribution in [0.3, 0.4) is 0 Å². The Labute approximate surface area is 217 Å². The van der Waals surface area contributed by atoms with Gasteiger partial charge in [0.2, 0.25) is 0 Å². The lowest BCUT2D eigenvalue weighted by molar-refractivity contribution is -0.194. The quantitative estimate of drug-likeness (QED) is 0.225. The fourth-order valence-electron chi connectivity index (χ4n) is 8.66. The zero-order chi connectivity index (χ0) is 24.5. The molecule has 6 atom stereocenters. The molecule has 0 unspecified atom stereocenters. The molecule has 0 aromatic heterocycles. The molecule has 3 aliphatic carbocycles. The predicted molar refractivity (Wildman–Crippen MR) is 138 cm³/mol. The number of esters is 1. The minimum atomic E-state index is -0.482. The molecule has 1 saturated heterocycles. The van der Waals surface area contributed by atoms with Gasteiger partial charge in [0.15, 0.2) is 5.12 Å². The molecule has 2 saturated carbocycles. The van der Waals surface area contributed by atoms with Crippen molar-refractivity contribution in [3.63, 3.8) is 0 Å². The summed E-state index contributed by atoms with van der Waals surface area (Å²) in [6, 6.07) is 5.31. The first-order valence-electron chi connectivity index (χ1n) is 12.4. The van der Waals surface area contributed by atoms with Crippen LogP contribution in [0.5, 0.6) is 0 Å². The van der Waals surface area contributed by atoms with Crippen molar-refractivity contribution >= 4 is 46.0 Å². The van der Waals surface area contributed by atoms with E-state index in [-0.39, 0.29) is 33.2 Å². The van der Waals surface area contributed by atoms with Crippen LogP contribution in [-0.4, -0.2) is 17.7 Å². The number of carbonyl (C=O) groups excluding carboxylic acids is 2. The number of carbonyl (C=O) groups is 2. The monoisotopic (exact) mass is 520 g/mol. The fraction of sp³-hybridized carbons (Fsp3) is 0.643. The molecule has 0 bridgehead atoms. The number of benzene rings is 1. The molecule has 6 heteroatoms. The summed E-state index contributed by atoms with van der Waals surface area (Å²) in [5.74, 6) is 0.610. The van der Waals surface area contributed by atoms with E-state index in [4.69, 9.17) is 27.9 Å². The number of ether oxygens (including phenoxy) is 1. The molecule has 34 heavy (non-hydrogen) atoms. The van der Waals surface area contributed by atoms with Crippen LogP contribution in [-0.2, 0) is 14.3 Å². The lowest BCUT2D eigenvalue weighted by Gasteiger charge is -2.68. The third-order valence-electron chi connectivity index (χ3n) is 10.2. The summed E-state index contributed by atoms with van der Waals surface area (Å²) in [5.41, 5.74) is -0.316. The highest BCUT2D eigenvalue weighted by atomic mass is 35.5. The van der Waals surface area contributed by atoms with Crippen molar-refractivity contribution in [1.82, 2.24) is 0 Å². The van der Waals surface area contributed by atoms with Crippen molar-refractivity contribution in [2.24, 2.45) is 39.4 Å². The van der Waals surface area contributed by atoms with Crippen LogP contribution >= 0.6 is 35.0 Å². The molecule has 1 aromatic rings. The summed E-state index contributed by atoms with van der Waals surface area (Å²) in [6.07, 6.45) is 10.1. The summed E-state index contributed by atoms with van der Waals surface area (Å²) >= 11 is 14.0. The maximum Gasteiger partial charge on any atom is 0.306 e. The van der Waals surface area contributed by atoms with Gasteiger partial charge in [-0.15, -0.1) is 0 Å². The summed E-state index contributed by atoms with van der Waals surface area (Å²) in [7, 11) is 0. The van der Waals surface area contributed by atoms with E-state index in [0.29, 0.717) is 39.8 Å². The molecule has 0 N–H and O–H groups in total. The van der Waals surface area contributed by atoms with Gasteiger partial charge >= 0.3 is 5.97 Å². The smallest absolute Gasteiger partial charge is 0.306 e. The van der Waals surface area contributed by atoms with Crippen LogP contribution in [0.25, 0.3) is 0 Å². The van der Waals surface area contributed by atoms with Gasteiger partial charge in [0.25, 0.3) is 0 Å². The van der Waals surface area contributed by atoms with Gasteiger partial charge in [0, 0.05) is 11.3 Å². The first-order valence-corrected chi connectivity index (χ1v) is 14.0. The number of hydrogen-bond donors (Lipinski definition) is 0. The van der Waals surface area contributed by atoms with Crippen LogP contribution < -0.4 is 0 Å². The highest BCUT2D eigenvalue weighted by Gasteiger charge is 2.69. The molecule has 1 heterocycles. The first kappa shape index (κ1) is 24.7. The third kappa shape index (κ3) is 3.45. The van der Waals surface area contributed by atoms with Gasteiger partial charge in [-0.05, 0) is 84.1 Å². The van der Waals surface area contributed by atoms with Crippen LogP contribution in [0, 0.1) is 39.4 Å². The lowest BCUT2D eigenvalue weighted by Crippen LogP contribution is -2.63. The van der Waals surface area contributed by atoms with Crippen LogP contribution in [0.15, 0.2) is 35.2 Å². The number of hydrogen-bond acceptors (Lipinski definition) is 4. The van der Waals surface area contributed by atoms with Crippen LogP contribution in [0.1, 0.15) is 66.2 Å². The van der Waals surface area contributed by atoms with E-state index in [1.807, 2.05) is 0 Å². The van der Waals surface area contributed by atoms with Crippen molar-refractivity contribution in [3.8, 4) is 0 Å². The van der Waals surface area contributed by atoms with Crippen molar-refractivity contribution in [2.75, 3.05) is 6.61 Å². The maximum atomic E-state index is 13.9. The number of allylic oxidation sites excluding steroid dienone is 2. The minimum absolute atomic E-state index is 0.0594. The Hall–Kier alpha value is -0.970. The average molecular weight is 522 g/mol. The molecule has 4 aliphatic rings. The second-order valence-corrected chi connectivity index (χ2v) is 13.9. The zero-order valence-electron chi connectivity index (χ0n) is 20.5. The molecular weight excluding hydrogens is 487 g/mol. The number of thioether (sulfide) groups is 1.